The largest absolute Gasteiger partial charge is 0.486 e. The predicted molar refractivity (Wildman–Crippen MR) is 122 cm³/mol. The third-order valence-electron chi connectivity index (χ3n) is 6.09. The van der Waals surface area contributed by atoms with E-state index in [1.54, 1.807) is 13.0 Å². The van der Waals surface area contributed by atoms with E-state index in [1.807, 2.05) is 43.3 Å². The van der Waals surface area contributed by atoms with Crippen molar-refractivity contribution in [3.63, 3.8) is 0 Å². The third kappa shape index (κ3) is 4.51. The molecule has 2 aromatic rings. The Labute approximate surface area is 193 Å². The molecule has 2 atom stereocenters. The number of urea groups is 1. The Morgan fingerprint density at radius 1 is 1.12 bits per heavy atom. The van der Waals surface area contributed by atoms with E-state index in [9.17, 15) is 14.4 Å². The van der Waals surface area contributed by atoms with Gasteiger partial charge >= 0.3 is 6.03 Å². The first-order chi connectivity index (χ1) is 15.8. The third-order valence-corrected chi connectivity index (χ3v) is 6.09. The van der Waals surface area contributed by atoms with Gasteiger partial charge in [-0.15, -0.1) is 0 Å². The quantitative estimate of drug-likeness (QED) is 0.631. The maximum atomic E-state index is 13.1. The fourth-order valence-corrected chi connectivity index (χ4v) is 4.17. The van der Waals surface area contributed by atoms with Gasteiger partial charge in [-0.3, -0.25) is 14.5 Å². The molecular weight excluding hydrogens is 422 g/mol. The van der Waals surface area contributed by atoms with Crippen molar-refractivity contribution in [3.05, 3.63) is 59.2 Å². The van der Waals surface area contributed by atoms with Gasteiger partial charge in [0, 0.05) is 0 Å². The Bertz CT molecular complexity index is 1070. The van der Waals surface area contributed by atoms with E-state index < -0.39 is 23.4 Å². The van der Waals surface area contributed by atoms with E-state index in [-0.39, 0.29) is 12.6 Å². The lowest BCUT2D eigenvalue weighted by atomic mass is 9.91. The van der Waals surface area contributed by atoms with Crippen molar-refractivity contribution in [1.82, 2.24) is 15.5 Å². The van der Waals surface area contributed by atoms with Crippen LogP contribution in [0.15, 0.2) is 42.5 Å². The second kappa shape index (κ2) is 9.13. The van der Waals surface area contributed by atoms with Gasteiger partial charge in [-0.1, -0.05) is 43.7 Å². The monoisotopic (exact) mass is 451 g/mol. The molecule has 1 fully saturated rings. The van der Waals surface area contributed by atoms with Crippen LogP contribution in [-0.4, -0.2) is 42.5 Å². The second-order valence-electron chi connectivity index (χ2n) is 8.59. The van der Waals surface area contributed by atoms with E-state index in [0.717, 1.165) is 23.3 Å². The zero-order chi connectivity index (χ0) is 23.6. The van der Waals surface area contributed by atoms with Crippen molar-refractivity contribution >= 4 is 17.8 Å². The molecule has 8 nitrogen and oxygen atoms in total. The fourth-order valence-electron chi connectivity index (χ4n) is 4.17. The smallest absolute Gasteiger partial charge is 0.325 e. The van der Waals surface area contributed by atoms with Gasteiger partial charge in [0.2, 0.25) is 5.91 Å². The zero-order valence-corrected chi connectivity index (χ0v) is 19.1. The van der Waals surface area contributed by atoms with Crippen LogP contribution in [-0.2, 0) is 21.5 Å². The summed E-state index contributed by atoms with van der Waals surface area (Å²) in [5.74, 6) is 0.431. The molecule has 4 amide bonds. The number of amides is 4. The summed E-state index contributed by atoms with van der Waals surface area (Å²) in [6.07, 6.45) is 1.98. The molecule has 0 saturated carbocycles. The lowest BCUT2D eigenvalue weighted by Crippen LogP contribution is -2.43. The highest BCUT2D eigenvalue weighted by atomic mass is 16.6. The molecule has 2 aliphatic rings. The SMILES string of the molecule is CCCc1ccc([C@@]2(C)NC(=O)N(CC(=O)N[C@H](C)c3ccc4c(c3)OCCO4)C2=O)cc1. The van der Waals surface area contributed by atoms with Crippen molar-refractivity contribution in [2.45, 2.75) is 45.2 Å². The van der Waals surface area contributed by atoms with Crippen LogP contribution in [0, 0.1) is 0 Å². The molecule has 8 heteroatoms. The molecule has 0 spiro atoms. The Morgan fingerprint density at radius 2 is 1.82 bits per heavy atom. The van der Waals surface area contributed by atoms with Crippen molar-refractivity contribution < 1.29 is 23.9 Å². The second-order valence-corrected chi connectivity index (χ2v) is 8.59. The van der Waals surface area contributed by atoms with Crippen LogP contribution in [0.2, 0.25) is 0 Å². The van der Waals surface area contributed by atoms with Gasteiger partial charge in [0.1, 0.15) is 25.3 Å². The minimum Gasteiger partial charge on any atom is -0.486 e. The average Bonchev–Trinajstić information content (AvgIpc) is 3.03. The van der Waals surface area contributed by atoms with Crippen LogP contribution >= 0.6 is 0 Å². The van der Waals surface area contributed by atoms with Crippen LogP contribution in [0.3, 0.4) is 0 Å². The van der Waals surface area contributed by atoms with Gasteiger partial charge in [0.05, 0.1) is 6.04 Å². The summed E-state index contributed by atoms with van der Waals surface area (Å²) in [7, 11) is 0. The number of fused-ring (bicyclic) bond motifs is 1. The highest BCUT2D eigenvalue weighted by molar-refractivity contribution is 6.09. The first-order valence-corrected chi connectivity index (χ1v) is 11.2. The number of hydrogen-bond acceptors (Lipinski definition) is 5. The number of carbonyl (C=O) groups excluding carboxylic acids is 3. The molecule has 1 saturated heterocycles. The number of nitrogens with zero attached hydrogens (tertiary/aromatic N) is 1. The van der Waals surface area contributed by atoms with Crippen LogP contribution in [0.25, 0.3) is 0 Å². The van der Waals surface area contributed by atoms with Gasteiger partial charge < -0.3 is 20.1 Å². The summed E-state index contributed by atoms with van der Waals surface area (Å²) in [4.78, 5) is 39.4. The van der Waals surface area contributed by atoms with Crippen LogP contribution in [0.1, 0.15) is 49.9 Å². The molecule has 2 heterocycles. The average molecular weight is 452 g/mol. The van der Waals surface area contributed by atoms with E-state index in [4.69, 9.17) is 9.47 Å². The van der Waals surface area contributed by atoms with Crippen molar-refractivity contribution in [2.75, 3.05) is 19.8 Å². The number of imide groups is 1. The molecule has 33 heavy (non-hydrogen) atoms. The minimum atomic E-state index is -1.20. The maximum absolute atomic E-state index is 13.1. The summed E-state index contributed by atoms with van der Waals surface area (Å²) < 4.78 is 11.1. The van der Waals surface area contributed by atoms with Gasteiger partial charge in [-0.2, -0.15) is 0 Å². The first-order valence-electron chi connectivity index (χ1n) is 11.2. The molecule has 0 aromatic heterocycles. The highest BCUT2D eigenvalue weighted by Crippen LogP contribution is 2.33. The van der Waals surface area contributed by atoms with Gasteiger partial charge in [-0.25, -0.2) is 4.79 Å². The Kier molecular flexibility index (Phi) is 6.26. The van der Waals surface area contributed by atoms with Gasteiger partial charge in [0.25, 0.3) is 5.91 Å². The summed E-state index contributed by atoms with van der Waals surface area (Å²) >= 11 is 0. The fraction of sp³-hybridized carbons (Fsp3) is 0.400. The molecule has 0 radical (unpaired) electrons. The van der Waals surface area contributed by atoms with E-state index in [0.29, 0.717) is 30.3 Å². The number of nitrogens with one attached hydrogen (secondary N) is 2. The molecule has 2 aromatic carbocycles. The van der Waals surface area contributed by atoms with Crippen LogP contribution < -0.4 is 20.1 Å². The Balaban J connectivity index is 1.41. The lowest BCUT2D eigenvalue weighted by Gasteiger charge is -2.23. The number of carbonyl (C=O) groups is 3. The van der Waals surface area contributed by atoms with Crippen LogP contribution in [0.4, 0.5) is 4.79 Å². The molecule has 0 bridgehead atoms. The van der Waals surface area contributed by atoms with Gasteiger partial charge in [-0.05, 0) is 49.1 Å². The van der Waals surface area contributed by atoms with E-state index in [1.165, 1.54) is 5.56 Å². The summed E-state index contributed by atoms with van der Waals surface area (Å²) in [6, 6.07) is 12.2. The maximum Gasteiger partial charge on any atom is 0.325 e. The first kappa shape index (κ1) is 22.6. The number of hydrogen-bond donors (Lipinski definition) is 2. The molecule has 174 valence electrons. The standard InChI is InChI=1S/C25H29N3O5/c1-4-5-17-6-9-19(10-7-17)25(3)23(30)28(24(31)27-25)15-22(29)26-16(2)18-8-11-20-21(14-18)33-13-12-32-20/h6-11,14,16H,4-5,12-13,15H2,1-3H3,(H,26,29)(H,27,31)/t16-,25-/m1/s1. The molecular formula is C25H29N3O5. The zero-order valence-electron chi connectivity index (χ0n) is 19.1. The number of benzene rings is 2. The Morgan fingerprint density at radius 3 is 2.52 bits per heavy atom. The van der Waals surface area contributed by atoms with Crippen LogP contribution in [0.5, 0.6) is 11.5 Å². The summed E-state index contributed by atoms with van der Waals surface area (Å²) in [6.45, 7) is 6.22. The van der Waals surface area contributed by atoms with Gasteiger partial charge in [0.15, 0.2) is 11.5 Å². The Hall–Kier alpha value is -3.55. The molecule has 2 aliphatic heterocycles. The number of ether oxygens (including phenoxy) is 2. The van der Waals surface area contributed by atoms with Crippen molar-refractivity contribution in [3.8, 4) is 11.5 Å². The molecule has 2 N–H and O–H groups in total. The lowest BCUT2D eigenvalue weighted by molar-refractivity contribution is -0.135. The number of rotatable bonds is 7. The van der Waals surface area contributed by atoms with E-state index in [2.05, 4.69) is 17.6 Å². The van der Waals surface area contributed by atoms with Crippen molar-refractivity contribution in [1.29, 1.82) is 0 Å². The molecule has 0 unspecified atom stereocenters. The summed E-state index contributed by atoms with van der Waals surface area (Å²) in [5, 5.41) is 5.60. The normalized spacial score (nSPS) is 20.4. The minimum absolute atomic E-state index is 0.341. The van der Waals surface area contributed by atoms with E-state index >= 15 is 0 Å². The predicted octanol–water partition coefficient (Wildman–Crippen LogP) is 3.05. The molecule has 4 rings (SSSR count). The number of aryl methyl sites for hydroxylation is 1. The van der Waals surface area contributed by atoms with Crippen molar-refractivity contribution in [2.24, 2.45) is 0 Å². The topological polar surface area (TPSA) is 97.0 Å². The highest BCUT2D eigenvalue weighted by Gasteiger charge is 2.49. The summed E-state index contributed by atoms with van der Waals surface area (Å²) in [5.41, 5.74) is 1.49. The molecule has 0 aliphatic carbocycles.